The van der Waals surface area contributed by atoms with Gasteiger partial charge in [0.25, 0.3) is 0 Å². The van der Waals surface area contributed by atoms with Gasteiger partial charge in [0.15, 0.2) is 9.84 Å². The molecule has 0 fully saturated rings. The van der Waals surface area contributed by atoms with Gasteiger partial charge >= 0.3 is 0 Å². The van der Waals surface area contributed by atoms with Gasteiger partial charge in [-0.25, -0.2) is 8.42 Å². The van der Waals surface area contributed by atoms with Crippen molar-refractivity contribution >= 4 is 21.4 Å². The molecule has 4 heteroatoms. The van der Waals surface area contributed by atoms with E-state index in [1.807, 2.05) is 26.0 Å². The topological polar surface area (TPSA) is 34.1 Å². The second kappa shape index (κ2) is 4.99. The Morgan fingerprint density at radius 1 is 0.947 bits per heavy atom. The first-order chi connectivity index (χ1) is 8.79. The van der Waals surface area contributed by atoms with Crippen molar-refractivity contribution in [3.05, 3.63) is 52.5 Å². The van der Waals surface area contributed by atoms with Gasteiger partial charge in [-0.05, 0) is 37.1 Å². The molecule has 0 aliphatic carbocycles. The molecule has 2 nitrogen and oxygen atoms in total. The molecule has 0 saturated carbocycles. The van der Waals surface area contributed by atoms with Gasteiger partial charge in [0, 0.05) is 16.8 Å². The zero-order chi connectivity index (χ0) is 14.2. The summed E-state index contributed by atoms with van der Waals surface area (Å²) in [4.78, 5) is 0.242. The first kappa shape index (κ1) is 14.1. The largest absolute Gasteiger partial charge is 0.224 e. The lowest BCUT2D eigenvalue weighted by atomic mass is 9.98. The normalized spacial score (nSPS) is 11.6. The molecular formula is C15H15ClO2S. The van der Waals surface area contributed by atoms with E-state index in [0.717, 1.165) is 22.3 Å². The number of halogens is 1. The summed E-state index contributed by atoms with van der Waals surface area (Å²) in [6.07, 6.45) is 1.18. The molecule has 2 aromatic carbocycles. The van der Waals surface area contributed by atoms with Crippen molar-refractivity contribution in [2.24, 2.45) is 0 Å². The molecular weight excluding hydrogens is 280 g/mol. The summed E-state index contributed by atoms with van der Waals surface area (Å²) in [6.45, 7) is 4.03. The van der Waals surface area contributed by atoms with Gasteiger partial charge < -0.3 is 0 Å². The van der Waals surface area contributed by atoms with Gasteiger partial charge in [-0.1, -0.05) is 41.4 Å². The van der Waals surface area contributed by atoms with Crippen molar-refractivity contribution in [1.82, 2.24) is 0 Å². The van der Waals surface area contributed by atoms with Crippen LogP contribution in [0.3, 0.4) is 0 Å². The van der Waals surface area contributed by atoms with Crippen LogP contribution in [0.1, 0.15) is 11.1 Å². The van der Waals surface area contributed by atoms with E-state index in [1.54, 1.807) is 12.1 Å². The van der Waals surface area contributed by atoms with Gasteiger partial charge in [-0.2, -0.15) is 0 Å². The Kier molecular flexibility index (Phi) is 3.70. The maximum Gasteiger partial charge on any atom is 0.175 e. The summed E-state index contributed by atoms with van der Waals surface area (Å²) >= 11 is 6.23. The SMILES string of the molecule is Cc1ccc(C)c(-c2ccc(S(C)(=O)=O)cc2Cl)c1. The number of sulfone groups is 1. The molecule has 0 spiro atoms. The van der Waals surface area contributed by atoms with Crippen molar-refractivity contribution in [1.29, 1.82) is 0 Å². The number of aryl methyl sites for hydroxylation is 2. The highest BCUT2D eigenvalue weighted by Crippen LogP contribution is 2.32. The van der Waals surface area contributed by atoms with Crippen molar-refractivity contribution in [3.63, 3.8) is 0 Å². The highest BCUT2D eigenvalue weighted by Gasteiger charge is 2.12. The number of rotatable bonds is 2. The molecule has 0 saturated heterocycles. The van der Waals surface area contributed by atoms with Crippen LogP contribution in [-0.4, -0.2) is 14.7 Å². The third kappa shape index (κ3) is 2.99. The molecule has 2 rings (SSSR count). The summed E-state index contributed by atoms with van der Waals surface area (Å²) in [5, 5.41) is 0.455. The number of hydrogen-bond donors (Lipinski definition) is 0. The monoisotopic (exact) mass is 294 g/mol. The quantitative estimate of drug-likeness (QED) is 0.838. The summed E-state index contributed by atoms with van der Waals surface area (Å²) in [5.41, 5.74) is 4.14. The highest BCUT2D eigenvalue weighted by atomic mass is 35.5. The van der Waals surface area contributed by atoms with Crippen LogP contribution < -0.4 is 0 Å². The van der Waals surface area contributed by atoms with Gasteiger partial charge in [0.2, 0.25) is 0 Å². The molecule has 0 aliphatic rings. The Bertz CT molecular complexity index is 734. The lowest BCUT2D eigenvalue weighted by molar-refractivity contribution is 0.602. The molecule has 0 aliphatic heterocycles. The Hall–Kier alpha value is -1.32. The number of benzene rings is 2. The molecule has 19 heavy (non-hydrogen) atoms. The molecule has 0 amide bonds. The van der Waals surface area contributed by atoms with E-state index in [-0.39, 0.29) is 4.90 Å². The summed E-state index contributed by atoms with van der Waals surface area (Å²) in [6, 6.07) is 11.0. The fourth-order valence-corrected chi connectivity index (χ4v) is 2.97. The van der Waals surface area contributed by atoms with E-state index >= 15 is 0 Å². The Balaban J connectivity index is 2.62. The Morgan fingerprint density at radius 3 is 2.21 bits per heavy atom. The smallest absolute Gasteiger partial charge is 0.175 e. The summed E-state index contributed by atoms with van der Waals surface area (Å²) in [5.74, 6) is 0. The average molecular weight is 295 g/mol. The van der Waals surface area contributed by atoms with Crippen LogP contribution in [0, 0.1) is 13.8 Å². The zero-order valence-electron chi connectivity index (χ0n) is 11.1. The van der Waals surface area contributed by atoms with Crippen LogP contribution in [0.15, 0.2) is 41.3 Å². The lowest BCUT2D eigenvalue weighted by Gasteiger charge is -2.10. The van der Waals surface area contributed by atoms with Crippen molar-refractivity contribution in [2.45, 2.75) is 18.7 Å². The van der Waals surface area contributed by atoms with E-state index in [1.165, 1.54) is 12.3 Å². The molecule has 0 heterocycles. The van der Waals surface area contributed by atoms with Crippen LogP contribution in [0.5, 0.6) is 0 Å². The minimum atomic E-state index is -3.23. The fraction of sp³-hybridized carbons (Fsp3) is 0.200. The second-order valence-corrected chi connectivity index (χ2v) is 7.16. The minimum absolute atomic E-state index is 0.242. The van der Waals surface area contributed by atoms with Crippen LogP contribution in [0.2, 0.25) is 5.02 Å². The molecule has 0 unspecified atom stereocenters. The lowest BCUT2D eigenvalue weighted by Crippen LogP contribution is -1.97. The third-order valence-electron chi connectivity index (χ3n) is 3.05. The van der Waals surface area contributed by atoms with E-state index in [9.17, 15) is 8.42 Å². The van der Waals surface area contributed by atoms with E-state index < -0.39 is 9.84 Å². The van der Waals surface area contributed by atoms with Crippen molar-refractivity contribution in [3.8, 4) is 11.1 Å². The summed E-state index contributed by atoms with van der Waals surface area (Å²) < 4.78 is 23.0. The second-order valence-electron chi connectivity index (χ2n) is 4.73. The first-order valence-corrected chi connectivity index (χ1v) is 8.13. The number of hydrogen-bond acceptors (Lipinski definition) is 2. The van der Waals surface area contributed by atoms with Gasteiger partial charge in [-0.15, -0.1) is 0 Å². The van der Waals surface area contributed by atoms with Crippen LogP contribution in [0.4, 0.5) is 0 Å². The van der Waals surface area contributed by atoms with Crippen LogP contribution in [-0.2, 0) is 9.84 Å². The molecule has 100 valence electrons. The predicted molar refractivity (Wildman–Crippen MR) is 79.5 cm³/mol. The van der Waals surface area contributed by atoms with Gasteiger partial charge in [-0.3, -0.25) is 0 Å². The minimum Gasteiger partial charge on any atom is -0.224 e. The van der Waals surface area contributed by atoms with Crippen LogP contribution >= 0.6 is 11.6 Å². The summed E-state index contributed by atoms with van der Waals surface area (Å²) in [7, 11) is -3.23. The molecule has 0 bridgehead atoms. The maximum atomic E-state index is 11.5. The molecule has 0 radical (unpaired) electrons. The molecule has 0 N–H and O–H groups in total. The standard InChI is InChI=1S/C15H15ClO2S/c1-10-4-5-11(2)14(8-10)13-7-6-12(9-15(13)16)19(3,17)18/h4-9H,1-3H3. The first-order valence-electron chi connectivity index (χ1n) is 5.86. The maximum absolute atomic E-state index is 11.5. The van der Waals surface area contributed by atoms with Gasteiger partial charge in [0.1, 0.15) is 0 Å². The third-order valence-corrected chi connectivity index (χ3v) is 4.47. The van der Waals surface area contributed by atoms with E-state index in [0.29, 0.717) is 5.02 Å². The van der Waals surface area contributed by atoms with Gasteiger partial charge in [0.05, 0.1) is 4.90 Å². The van der Waals surface area contributed by atoms with Crippen molar-refractivity contribution in [2.75, 3.05) is 6.26 Å². The molecule has 0 aromatic heterocycles. The average Bonchev–Trinajstić information content (AvgIpc) is 2.31. The molecule has 2 aromatic rings. The Labute approximate surface area is 119 Å². The molecule has 0 atom stereocenters. The fourth-order valence-electron chi connectivity index (χ4n) is 1.97. The van der Waals surface area contributed by atoms with Crippen molar-refractivity contribution < 1.29 is 8.42 Å². The Morgan fingerprint density at radius 2 is 1.63 bits per heavy atom. The van der Waals surface area contributed by atoms with E-state index in [2.05, 4.69) is 6.07 Å². The van der Waals surface area contributed by atoms with Crippen LogP contribution in [0.25, 0.3) is 11.1 Å². The van der Waals surface area contributed by atoms with E-state index in [4.69, 9.17) is 11.6 Å². The highest BCUT2D eigenvalue weighted by molar-refractivity contribution is 7.90. The predicted octanol–water partition coefficient (Wildman–Crippen LogP) is 4.03. The zero-order valence-corrected chi connectivity index (χ0v) is 12.6.